The molecule has 2 atom stereocenters. The molecule has 14 heavy (non-hydrogen) atoms. The van der Waals surface area contributed by atoms with Gasteiger partial charge >= 0.3 is 0 Å². The van der Waals surface area contributed by atoms with E-state index in [2.05, 4.69) is 0 Å². The fourth-order valence-electron chi connectivity index (χ4n) is 1.76. The summed E-state index contributed by atoms with van der Waals surface area (Å²) in [4.78, 5) is 11.5. The summed E-state index contributed by atoms with van der Waals surface area (Å²) in [7, 11) is 0. The second-order valence-electron chi connectivity index (χ2n) is 4.30. The van der Waals surface area contributed by atoms with Crippen LogP contribution in [0.1, 0.15) is 40.5 Å². The fraction of sp³-hybridized carbons (Fsp3) is 0.909. The number of Topliss-reactive ketones (excluding diaryl/α,β-unsaturated/α-hetero) is 1. The van der Waals surface area contributed by atoms with Gasteiger partial charge in [0.25, 0.3) is 0 Å². The number of hydrogen-bond acceptors (Lipinski definition) is 3. The molecule has 3 nitrogen and oxygen atoms in total. The summed E-state index contributed by atoms with van der Waals surface area (Å²) in [6.45, 7) is 8.30. The zero-order valence-corrected chi connectivity index (χ0v) is 9.50. The summed E-state index contributed by atoms with van der Waals surface area (Å²) in [6, 6.07) is 0. The fourth-order valence-corrected chi connectivity index (χ4v) is 1.76. The van der Waals surface area contributed by atoms with Gasteiger partial charge in [0.2, 0.25) is 0 Å². The minimum atomic E-state index is -0.537. The first kappa shape index (κ1) is 11.7. The molecule has 1 saturated heterocycles. The zero-order valence-electron chi connectivity index (χ0n) is 9.50. The van der Waals surface area contributed by atoms with Crippen molar-refractivity contribution in [3.63, 3.8) is 0 Å². The van der Waals surface area contributed by atoms with Crippen LogP contribution in [0.5, 0.6) is 0 Å². The van der Waals surface area contributed by atoms with Gasteiger partial charge in [0, 0.05) is 12.3 Å². The molecule has 0 aromatic rings. The van der Waals surface area contributed by atoms with Crippen molar-refractivity contribution in [3.8, 4) is 0 Å². The first-order chi connectivity index (χ1) is 6.46. The highest BCUT2D eigenvalue weighted by atomic mass is 16.7. The molecule has 0 aromatic carbocycles. The van der Waals surface area contributed by atoms with Crippen LogP contribution in [-0.4, -0.2) is 24.3 Å². The summed E-state index contributed by atoms with van der Waals surface area (Å²) in [5, 5.41) is 0. The first-order valence-corrected chi connectivity index (χ1v) is 5.31. The minimum absolute atomic E-state index is 0.0109. The Morgan fingerprint density at radius 2 is 2.21 bits per heavy atom. The third-order valence-electron chi connectivity index (χ3n) is 2.70. The quantitative estimate of drug-likeness (QED) is 0.700. The average Bonchev–Trinajstić information content (AvgIpc) is 2.14. The molecular formula is C11H20O3. The Bertz CT molecular complexity index is 211. The van der Waals surface area contributed by atoms with Crippen molar-refractivity contribution in [2.75, 3.05) is 6.61 Å². The Morgan fingerprint density at radius 1 is 1.57 bits per heavy atom. The van der Waals surface area contributed by atoms with Crippen LogP contribution in [0.15, 0.2) is 0 Å². The third kappa shape index (κ3) is 2.79. The van der Waals surface area contributed by atoms with E-state index in [-0.39, 0.29) is 17.8 Å². The van der Waals surface area contributed by atoms with Gasteiger partial charge < -0.3 is 9.47 Å². The number of ketones is 1. The normalized spacial score (nSPS) is 28.4. The van der Waals surface area contributed by atoms with Gasteiger partial charge in [0.15, 0.2) is 5.79 Å². The maximum Gasteiger partial charge on any atom is 0.163 e. The summed E-state index contributed by atoms with van der Waals surface area (Å²) in [6.07, 6.45) is 1.42. The predicted octanol–water partition coefficient (Wildman–Crippen LogP) is 2.14. The van der Waals surface area contributed by atoms with Crippen molar-refractivity contribution in [3.05, 3.63) is 0 Å². The molecule has 1 fully saturated rings. The maximum absolute atomic E-state index is 11.5. The lowest BCUT2D eigenvalue weighted by molar-refractivity contribution is -0.279. The van der Waals surface area contributed by atoms with E-state index in [1.807, 2.05) is 27.7 Å². The van der Waals surface area contributed by atoms with Gasteiger partial charge in [0.1, 0.15) is 5.78 Å². The standard InChI is InChI=1S/C11H20O3/c1-5-9(12)8(2)10-6-7-13-11(3,4)14-10/h8,10H,5-7H2,1-4H3/t8-,10-/m0/s1. The molecule has 0 radical (unpaired) electrons. The van der Waals surface area contributed by atoms with Crippen LogP contribution in [-0.2, 0) is 14.3 Å². The Hall–Kier alpha value is -0.410. The van der Waals surface area contributed by atoms with E-state index < -0.39 is 5.79 Å². The van der Waals surface area contributed by atoms with E-state index in [1.165, 1.54) is 0 Å². The van der Waals surface area contributed by atoms with Gasteiger partial charge in [-0.1, -0.05) is 13.8 Å². The predicted molar refractivity (Wildman–Crippen MR) is 54.0 cm³/mol. The molecule has 0 N–H and O–H groups in total. The number of carbonyl (C=O) groups is 1. The first-order valence-electron chi connectivity index (χ1n) is 5.31. The van der Waals surface area contributed by atoms with Crippen molar-refractivity contribution < 1.29 is 14.3 Å². The third-order valence-corrected chi connectivity index (χ3v) is 2.70. The Labute approximate surface area is 85.8 Å². The molecule has 1 rings (SSSR count). The Kier molecular flexibility index (Phi) is 3.67. The van der Waals surface area contributed by atoms with E-state index in [4.69, 9.17) is 9.47 Å². The van der Waals surface area contributed by atoms with Crippen molar-refractivity contribution >= 4 is 5.78 Å². The highest BCUT2D eigenvalue weighted by molar-refractivity contribution is 5.80. The summed E-state index contributed by atoms with van der Waals surface area (Å²) < 4.78 is 11.1. The molecule has 0 amide bonds. The lowest BCUT2D eigenvalue weighted by atomic mass is 9.95. The van der Waals surface area contributed by atoms with Crippen molar-refractivity contribution in [1.82, 2.24) is 0 Å². The number of hydrogen-bond donors (Lipinski definition) is 0. The highest BCUT2D eigenvalue weighted by Gasteiger charge is 2.34. The highest BCUT2D eigenvalue weighted by Crippen LogP contribution is 2.27. The van der Waals surface area contributed by atoms with Crippen LogP contribution < -0.4 is 0 Å². The number of carbonyl (C=O) groups excluding carboxylic acids is 1. The molecule has 0 unspecified atom stereocenters. The largest absolute Gasteiger partial charge is 0.350 e. The van der Waals surface area contributed by atoms with E-state index >= 15 is 0 Å². The number of ether oxygens (including phenoxy) is 2. The average molecular weight is 200 g/mol. The molecule has 0 spiro atoms. The topological polar surface area (TPSA) is 35.5 Å². The molecule has 0 aromatic heterocycles. The van der Waals surface area contributed by atoms with Crippen LogP contribution >= 0.6 is 0 Å². The monoisotopic (exact) mass is 200 g/mol. The zero-order chi connectivity index (χ0) is 10.8. The van der Waals surface area contributed by atoms with Crippen LogP contribution in [0.25, 0.3) is 0 Å². The van der Waals surface area contributed by atoms with Crippen LogP contribution in [0, 0.1) is 5.92 Å². The molecule has 0 saturated carbocycles. The van der Waals surface area contributed by atoms with Crippen molar-refractivity contribution in [2.45, 2.75) is 52.4 Å². The second kappa shape index (κ2) is 4.41. The van der Waals surface area contributed by atoms with Crippen LogP contribution in [0.4, 0.5) is 0 Å². The maximum atomic E-state index is 11.5. The van der Waals surface area contributed by atoms with Gasteiger partial charge in [0.05, 0.1) is 12.7 Å². The Morgan fingerprint density at radius 3 is 2.71 bits per heavy atom. The molecule has 3 heteroatoms. The summed E-state index contributed by atoms with van der Waals surface area (Å²) in [5.74, 6) is -0.276. The Balaban J connectivity index is 2.56. The minimum Gasteiger partial charge on any atom is -0.350 e. The van der Waals surface area contributed by atoms with Gasteiger partial charge in [-0.2, -0.15) is 0 Å². The summed E-state index contributed by atoms with van der Waals surface area (Å²) in [5.41, 5.74) is 0. The van der Waals surface area contributed by atoms with Gasteiger partial charge in [-0.15, -0.1) is 0 Å². The smallest absolute Gasteiger partial charge is 0.163 e. The van der Waals surface area contributed by atoms with Gasteiger partial charge in [-0.05, 0) is 20.3 Å². The lowest BCUT2D eigenvalue weighted by Crippen LogP contribution is -2.44. The molecule has 0 aliphatic carbocycles. The SMILES string of the molecule is CCC(=O)[C@H](C)[C@@H]1CCOC(C)(C)O1. The van der Waals surface area contributed by atoms with Gasteiger partial charge in [-0.25, -0.2) is 0 Å². The lowest BCUT2D eigenvalue weighted by Gasteiger charge is -2.38. The molecule has 0 bridgehead atoms. The van der Waals surface area contributed by atoms with E-state index in [0.29, 0.717) is 13.0 Å². The van der Waals surface area contributed by atoms with E-state index in [9.17, 15) is 4.79 Å². The van der Waals surface area contributed by atoms with E-state index in [1.54, 1.807) is 0 Å². The second-order valence-corrected chi connectivity index (χ2v) is 4.30. The summed E-state index contributed by atoms with van der Waals surface area (Å²) >= 11 is 0. The molecule has 1 aliphatic rings. The van der Waals surface area contributed by atoms with Crippen molar-refractivity contribution in [1.29, 1.82) is 0 Å². The van der Waals surface area contributed by atoms with Crippen LogP contribution in [0.2, 0.25) is 0 Å². The molecule has 1 heterocycles. The van der Waals surface area contributed by atoms with Crippen LogP contribution in [0.3, 0.4) is 0 Å². The number of rotatable bonds is 3. The van der Waals surface area contributed by atoms with Crippen molar-refractivity contribution in [2.24, 2.45) is 5.92 Å². The molecule has 82 valence electrons. The van der Waals surface area contributed by atoms with E-state index in [0.717, 1.165) is 6.42 Å². The molecular weight excluding hydrogens is 180 g/mol. The van der Waals surface area contributed by atoms with Gasteiger partial charge in [-0.3, -0.25) is 4.79 Å². The molecule has 1 aliphatic heterocycles.